The molecule has 1 aromatic carbocycles. The van der Waals surface area contributed by atoms with Gasteiger partial charge in [-0.15, -0.1) is 0 Å². The summed E-state index contributed by atoms with van der Waals surface area (Å²) in [7, 11) is 0. The highest BCUT2D eigenvalue weighted by atomic mass is 16.6. The van der Waals surface area contributed by atoms with Crippen LogP contribution in [0.4, 0.5) is 4.79 Å². The summed E-state index contributed by atoms with van der Waals surface area (Å²) >= 11 is 0. The molecule has 104 valence electrons. The van der Waals surface area contributed by atoms with Gasteiger partial charge < -0.3 is 10.1 Å². The van der Waals surface area contributed by atoms with Crippen molar-refractivity contribution < 1.29 is 14.3 Å². The first kappa shape index (κ1) is 15.2. The number of carbonyl (C=O) groups is 2. The molecule has 0 saturated heterocycles. The monoisotopic (exact) mass is 263 g/mol. The summed E-state index contributed by atoms with van der Waals surface area (Å²) < 4.78 is 5.29. The summed E-state index contributed by atoms with van der Waals surface area (Å²) in [5.74, 6) is -0.127. The van der Waals surface area contributed by atoms with Crippen LogP contribution in [0.3, 0.4) is 0 Å². The quantitative estimate of drug-likeness (QED) is 0.887. The summed E-state index contributed by atoms with van der Waals surface area (Å²) in [6.45, 7) is 7.05. The third-order valence-electron chi connectivity index (χ3n) is 3.02. The van der Waals surface area contributed by atoms with Crippen molar-refractivity contribution in [3.8, 4) is 0 Å². The number of Topliss-reactive ketones (excluding diaryl/α,β-unsaturated/α-hetero) is 1. The smallest absolute Gasteiger partial charge is 0.408 e. The normalized spacial score (nSPS) is 12.6. The molecule has 0 heterocycles. The van der Waals surface area contributed by atoms with Crippen molar-refractivity contribution in [2.75, 3.05) is 0 Å². The van der Waals surface area contributed by atoms with Crippen LogP contribution >= 0.6 is 0 Å². The van der Waals surface area contributed by atoms with Crippen LogP contribution in [-0.2, 0) is 9.53 Å². The molecule has 0 aromatic heterocycles. The Morgan fingerprint density at radius 3 is 2.32 bits per heavy atom. The first-order valence-corrected chi connectivity index (χ1v) is 6.40. The summed E-state index contributed by atoms with van der Waals surface area (Å²) in [4.78, 5) is 23.5. The Hall–Kier alpha value is -1.84. The van der Waals surface area contributed by atoms with Gasteiger partial charge in [-0.25, -0.2) is 4.79 Å². The molecule has 4 heteroatoms. The number of nitrogens with one attached hydrogen (secondary N) is 1. The number of amides is 1. The van der Waals surface area contributed by atoms with Crippen molar-refractivity contribution in [2.45, 2.75) is 45.8 Å². The minimum Gasteiger partial charge on any atom is -0.444 e. The lowest BCUT2D eigenvalue weighted by atomic mass is 10.0. The van der Waals surface area contributed by atoms with Crippen molar-refractivity contribution >= 4 is 11.9 Å². The fourth-order valence-corrected chi connectivity index (χ4v) is 1.54. The van der Waals surface area contributed by atoms with E-state index in [1.807, 2.05) is 39.0 Å². The minimum atomic E-state index is -0.665. The maximum Gasteiger partial charge on any atom is 0.408 e. The van der Waals surface area contributed by atoms with Crippen molar-refractivity contribution in [3.05, 3.63) is 35.9 Å². The number of ketones is 1. The zero-order chi connectivity index (χ0) is 14.5. The molecule has 1 rings (SSSR count). The summed E-state index contributed by atoms with van der Waals surface area (Å²) in [6, 6.07) is 8.46. The third-order valence-corrected chi connectivity index (χ3v) is 3.02. The van der Waals surface area contributed by atoms with Crippen LogP contribution in [0.1, 0.15) is 45.7 Å². The van der Waals surface area contributed by atoms with E-state index in [0.717, 1.165) is 5.56 Å². The second-order valence-electron chi connectivity index (χ2n) is 5.10. The predicted octanol–water partition coefficient (Wildman–Crippen LogP) is 3.23. The minimum absolute atomic E-state index is 0.127. The van der Waals surface area contributed by atoms with Gasteiger partial charge >= 0.3 is 6.09 Å². The highest BCUT2D eigenvalue weighted by Gasteiger charge is 2.24. The zero-order valence-corrected chi connectivity index (χ0v) is 11.9. The van der Waals surface area contributed by atoms with Crippen molar-refractivity contribution in [3.63, 3.8) is 0 Å². The van der Waals surface area contributed by atoms with Crippen LogP contribution in [0, 0.1) is 0 Å². The Morgan fingerprint density at radius 1 is 1.26 bits per heavy atom. The molecule has 0 saturated carbocycles. The van der Waals surface area contributed by atoms with E-state index in [9.17, 15) is 9.59 Å². The van der Waals surface area contributed by atoms with E-state index >= 15 is 0 Å². The Bertz CT molecular complexity index is 440. The van der Waals surface area contributed by atoms with E-state index < -0.39 is 17.7 Å². The molecular formula is C15H21NO3. The number of rotatable bonds is 5. The fourth-order valence-electron chi connectivity index (χ4n) is 1.54. The van der Waals surface area contributed by atoms with Crippen LogP contribution in [0.5, 0.6) is 0 Å². The van der Waals surface area contributed by atoms with E-state index in [2.05, 4.69) is 5.32 Å². The Kier molecular flexibility index (Phi) is 5.10. The highest BCUT2D eigenvalue weighted by Crippen LogP contribution is 2.17. The lowest BCUT2D eigenvalue weighted by Gasteiger charge is -2.25. The average molecular weight is 263 g/mol. The molecule has 0 aliphatic rings. The number of carbonyl (C=O) groups excluding carboxylic acids is 2. The van der Waals surface area contributed by atoms with Gasteiger partial charge in [0, 0.05) is 0 Å². The largest absolute Gasteiger partial charge is 0.444 e. The van der Waals surface area contributed by atoms with Crippen LogP contribution < -0.4 is 5.32 Å². The van der Waals surface area contributed by atoms with Gasteiger partial charge in [0.25, 0.3) is 0 Å². The standard InChI is InChI=1S/C15H21NO3/c1-5-15(3,4)19-14(18)16-13(11(2)17)12-9-7-6-8-10-12/h6-10,13H,5H2,1-4H3,(H,16,18). The van der Waals surface area contributed by atoms with Gasteiger partial charge in [0.05, 0.1) is 0 Å². The lowest BCUT2D eigenvalue weighted by Crippen LogP contribution is -2.38. The molecule has 0 spiro atoms. The molecule has 4 nitrogen and oxygen atoms in total. The van der Waals surface area contributed by atoms with Gasteiger partial charge in [-0.2, -0.15) is 0 Å². The molecule has 1 N–H and O–H groups in total. The van der Waals surface area contributed by atoms with E-state index in [4.69, 9.17) is 4.74 Å². The van der Waals surface area contributed by atoms with Crippen LogP contribution in [0.15, 0.2) is 30.3 Å². The number of alkyl carbamates (subject to hydrolysis) is 1. The van der Waals surface area contributed by atoms with Gasteiger partial charge in [0.15, 0.2) is 5.78 Å². The van der Waals surface area contributed by atoms with Crippen molar-refractivity contribution in [1.29, 1.82) is 0 Å². The van der Waals surface area contributed by atoms with Crippen LogP contribution in [-0.4, -0.2) is 17.5 Å². The molecule has 1 atom stereocenters. The summed E-state index contributed by atoms with van der Waals surface area (Å²) in [6.07, 6.45) is 0.132. The van der Waals surface area contributed by atoms with Gasteiger partial charge in [0.1, 0.15) is 11.6 Å². The van der Waals surface area contributed by atoms with Crippen LogP contribution in [0.2, 0.25) is 0 Å². The molecule has 1 unspecified atom stereocenters. The zero-order valence-electron chi connectivity index (χ0n) is 11.9. The van der Waals surface area contributed by atoms with Gasteiger partial charge in [-0.1, -0.05) is 37.3 Å². The number of benzene rings is 1. The molecule has 0 fully saturated rings. The third kappa shape index (κ3) is 4.73. The average Bonchev–Trinajstić information content (AvgIpc) is 2.36. The second kappa shape index (κ2) is 6.36. The van der Waals surface area contributed by atoms with Crippen molar-refractivity contribution in [2.24, 2.45) is 0 Å². The molecule has 1 amide bonds. The van der Waals surface area contributed by atoms with Gasteiger partial charge in [-0.05, 0) is 32.8 Å². The van der Waals surface area contributed by atoms with E-state index in [1.54, 1.807) is 12.1 Å². The van der Waals surface area contributed by atoms with E-state index in [1.165, 1.54) is 6.92 Å². The first-order valence-electron chi connectivity index (χ1n) is 6.40. The Labute approximate surface area is 114 Å². The van der Waals surface area contributed by atoms with Gasteiger partial charge in [-0.3, -0.25) is 4.79 Å². The summed E-state index contributed by atoms with van der Waals surface area (Å²) in [5.41, 5.74) is 0.212. The molecule has 0 aliphatic heterocycles. The number of hydrogen-bond donors (Lipinski definition) is 1. The molecule has 0 bridgehead atoms. The molecule has 19 heavy (non-hydrogen) atoms. The fraction of sp³-hybridized carbons (Fsp3) is 0.467. The maximum absolute atomic E-state index is 11.8. The van der Waals surface area contributed by atoms with Crippen molar-refractivity contribution in [1.82, 2.24) is 5.32 Å². The molecule has 0 radical (unpaired) electrons. The number of ether oxygens (including phenoxy) is 1. The SMILES string of the molecule is CCC(C)(C)OC(=O)NC(C(C)=O)c1ccccc1. The highest BCUT2D eigenvalue weighted by molar-refractivity contribution is 5.86. The molecular weight excluding hydrogens is 242 g/mol. The van der Waals surface area contributed by atoms with E-state index in [0.29, 0.717) is 6.42 Å². The Morgan fingerprint density at radius 2 is 1.84 bits per heavy atom. The molecule has 0 aliphatic carbocycles. The topological polar surface area (TPSA) is 55.4 Å². The predicted molar refractivity (Wildman–Crippen MR) is 73.9 cm³/mol. The van der Waals surface area contributed by atoms with Gasteiger partial charge in [0.2, 0.25) is 0 Å². The lowest BCUT2D eigenvalue weighted by molar-refractivity contribution is -0.119. The maximum atomic E-state index is 11.8. The number of hydrogen-bond acceptors (Lipinski definition) is 3. The van der Waals surface area contributed by atoms with Crippen LogP contribution in [0.25, 0.3) is 0 Å². The van der Waals surface area contributed by atoms with E-state index in [-0.39, 0.29) is 5.78 Å². The molecule has 1 aromatic rings. The summed E-state index contributed by atoms with van der Waals surface area (Å²) in [5, 5.41) is 2.61. The Balaban J connectivity index is 2.76. The second-order valence-corrected chi connectivity index (χ2v) is 5.10. The first-order chi connectivity index (χ1) is 8.85.